The quantitative estimate of drug-likeness (QED) is 0.0261. The number of carbonyl (C=O) groups is 3. The van der Waals surface area contributed by atoms with E-state index >= 15 is 0 Å². The van der Waals surface area contributed by atoms with Gasteiger partial charge in [0.2, 0.25) is 0 Å². The predicted octanol–water partition coefficient (Wildman–Crippen LogP) is 20.6. The molecule has 0 aliphatic carbocycles. The number of carbonyl (C=O) groups excluding carboxylic acids is 3. The van der Waals surface area contributed by atoms with Crippen molar-refractivity contribution < 1.29 is 28.6 Å². The minimum absolute atomic E-state index is 0.0727. The molecule has 0 heterocycles. The van der Waals surface area contributed by atoms with E-state index in [4.69, 9.17) is 14.2 Å². The first-order valence-electron chi connectivity index (χ1n) is 30.6. The van der Waals surface area contributed by atoms with E-state index in [2.05, 4.69) is 69.4 Å². The van der Waals surface area contributed by atoms with Crippen LogP contribution in [0, 0.1) is 0 Å². The van der Waals surface area contributed by atoms with Crippen molar-refractivity contribution in [3.05, 3.63) is 48.6 Å². The Kier molecular flexibility index (Phi) is 56.7. The molecule has 6 nitrogen and oxygen atoms in total. The Hall–Kier alpha value is -2.63. The summed E-state index contributed by atoms with van der Waals surface area (Å²) < 4.78 is 16.9. The largest absolute Gasteiger partial charge is 0.462 e. The van der Waals surface area contributed by atoms with Gasteiger partial charge in [0.05, 0.1) is 0 Å². The second kappa shape index (κ2) is 58.9. The highest BCUT2D eigenvalue weighted by molar-refractivity contribution is 5.71. The zero-order valence-electron chi connectivity index (χ0n) is 46.8. The molecule has 6 heteroatoms. The Bertz CT molecular complexity index is 1220. The van der Waals surface area contributed by atoms with Gasteiger partial charge in [0, 0.05) is 19.3 Å². The Morgan fingerprint density at radius 2 is 0.557 bits per heavy atom. The molecule has 0 aliphatic rings. The number of allylic oxidation sites excluding steroid dienone is 8. The van der Waals surface area contributed by atoms with Crippen LogP contribution in [0.5, 0.6) is 0 Å². The lowest BCUT2D eigenvalue weighted by atomic mass is 10.0. The Morgan fingerprint density at radius 1 is 0.300 bits per heavy atom. The van der Waals surface area contributed by atoms with Crippen molar-refractivity contribution in [2.24, 2.45) is 0 Å². The second-order valence-corrected chi connectivity index (χ2v) is 20.6. The molecule has 408 valence electrons. The number of esters is 3. The van der Waals surface area contributed by atoms with E-state index in [1.165, 1.54) is 205 Å². The maximum atomic E-state index is 12.9. The molecule has 0 N–H and O–H groups in total. The van der Waals surface area contributed by atoms with Gasteiger partial charge in [-0.25, -0.2) is 0 Å². The van der Waals surface area contributed by atoms with Crippen LogP contribution in [0.4, 0.5) is 0 Å². The van der Waals surface area contributed by atoms with Crippen molar-refractivity contribution in [3.63, 3.8) is 0 Å². The first-order valence-corrected chi connectivity index (χ1v) is 30.6. The predicted molar refractivity (Wildman–Crippen MR) is 302 cm³/mol. The van der Waals surface area contributed by atoms with Crippen LogP contribution in [0.2, 0.25) is 0 Å². The van der Waals surface area contributed by atoms with Gasteiger partial charge >= 0.3 is 17.9 Å². The summed E-state index contributed by atoms with van der Waals surface area (Å²) >= 11 is 0. The zero-order chi connectivity index (χ0) is 50.7. The summed E-state index contributed by atoms with van der Waals surface area (Å²) in [6.07, 6.45) is 72.4. The third-order valence-electron chi connectivity index (χ3n) is 13.6. The number of rotatable bonds is 56. The van der Waals surface area contributed by atoms with E-state index in [0.717, 1.165) is 77.0 Å². The summed E-state index contributed by atoms with van der Waals surface area (Å²) in [4.78, 5) is 38.3. The van der Waals surface area contributed by atoms with Gasteiger partial charge in [0.15, 0.2) is 6.10 Å². The number of unbranched alkanes of at least 4 members (excludes halogenated alkanes) is 37. The monoisotopic (exact) mass is 981 g/mol. The fourth-order valence-electron chi connectivity index (χ4n) is 8.98. The molecule has 70 heavy (non-hydrogen) atoms. The summed E-state index contributed by atoms with van der Waals surface area (Å²) in [6, 6.07) is 0. The Balaban J connectivity index is 4.35. The average molecular weight is 982 g/mol. The molecule has 0 bridgehead atoms. The fraction of sp³-hybridized carbons (Fsp3) is 0.828. The van der Waals surface area contributed by atoms with Gasteiger partial charge in [0.1, 0.15) is 13.2 Å². The molecule has 0 aromatic heterocycles. The van der Waals surface area contributed by atoms with Crippen molar-refractivity contribution in [2.45, 2.75) is 329 Å². The van der Waals surface area contributed by atoms with Gasteiger partial charge in [-0.2, -0.15) is 0 Å². The van der Waals surface area contributed by atoms with Crippen LogP contribution in [-0.2, 0) is 28.6 Å². The van der Waals surface area contributed by atoms with Crippen molar-refractivity contribution in [1.82, 2.24) is 0 Å². The summed E-state index contributed by atoms with van der Waals surface area (Å²) in [7, 11) is 0. The normalized spacial score (nSPS) is 12.3. The topological polar surface area (TPSA) is 78.9 Å². The Morgan fingerprint density at radius 3 is 0.886 bits per heavy atom. The summed E-state index contributed by atoms with van der Waals surface area (Å²) in [6.45, 7) is 6.57. The van der Waals surface area contributed by atoms with Crippen molar-refractivity contribution in [3.8, 4) is 0 Å². The fourth-order valence-corrected chi connectivity index (χ4v) is 8.98. The average Bonchev–Trinajstić information content (AvgIpc) is 3.36. The second-order valence-electron chi connectivity index (χ2n) is 20.6. The molecule has 1 atom stereocenters. The molecule has 0 aliphatic heterocycles. The van der Waals surface area contributed by atoms with E-state index < -0.39 is 6.10 Å². The van der Waals surface area contributed by atoms with E-state index in [-0.39, 0.29) is 31.1 Å². The molecule has 0 amide bonds. The molecular weight excluding hydrogens is 865 g/mol. The number of hydrogen-bond acceptors (Lipinski definition) is 6. The lowest BCUT2D eigenvalue weighted by Crippen LogP contribution is -2.30. The summed E-state index contributed by atoms with van der Waals surface area (Å²) in [5.74, 6) is -0.863. The molecule has 0 rings (SSSR count). The molecule has 0 saturated carbocycles. The maximum absolute atomic E-state index is 12.9. The van der Waals surface area contributed by atoms with Gasteiger partial charge in [0.25, 0.3) is 0 Å². The molecule has 0 aromatic rings. The van der Waals surface area contributed by atoms with Crippen LogP contribution in [0.1, 0.15) is 323 Å². The lowest BCUT2D eigenvalue weighted by Gasteiger charge is -2.18. The van der Waals surface area contributed by atoms with E-state index in [1.54, 1.807) is 0 Å². The number of ether oxygens (including phenoxy) is 3. The molecular formula is C64H116O6. The molecule has 0 radical (unpaired) electrons. The van der Waals surface area contributed by atoms with Gasteiger partial charge in [-0.1, -0.05) is 275 Å². The summed E-state index contributed by atoms with van der Waals surface area (Å²) in [5.41, 5.74) is 0. The van der Waals surface area contributed by atoms with Crippen molar-refractivity contribution >= 4 is 17.9 Å². The molecule has 0 fully saturated rings. The van der Waals surface area contributed by atoms with Crippen LogP contribution >= 0.6 is 0 Å². The zero-order valence-corrected chi connectivity index (χ0v) is 46.8. The first kappa shape index (κ1) is 67.4. The van der Waals surface area contributed by atoms with Crippen molar-refractivity contribution in [1.29, 1.82) is 0 Å². The highest BCUT2D eigenvalue weighted by Crippen LogP contribution is 2.17. The SMILES string of the molecule is CC/C=C\C/C=C\C/C=C\CCCCCCCCCCCC(=O)OCC(COC(=O)CCCCCCCCCCCCCCCCCC)OC(=O)CCCCCCCCC/C=C\CCCCCCCC. The standard InChI is InChI=1S/C64H116O6/c1-4-7-10-13-16-19-22-25-28-31-32-34-36-39-42-45-48-51-54-57-63(66)69-60-61(59-68-62(65)56-53-50-47-44-41-38-35-30-27-24-21-18-15-12-9-6-3)70-64(67)58-55-52-49-46-43-40-37-33-29-26-23-20-17-14-11-8-5-2/h7,10,16,19,25-26,28-29,61H,4-6,8-9,11-15,17-18,20-24,27,30-60H2,1-3H3/b10-7-,19-16-,28-25-,29-26-. The molecule has 0 spiro atoms. The van der Waals surface area contributed by atoms with Gasteiger partial charge in [-0.3, -0.25) is 14.4 Å². The maximum Gasteiger partial charge on any atom is 0.306 e. The Labute approximate surface area is 435 Å². The van der Waals surface area contributed by atoms with E-state index in [9.17, 15) is 14.4 Å². The highest BCUT2D eigenvalue weighted by atomic mass is 16.6. The summed E-state index contributed by atoms with van der Waals surface area (Å²) in [5, 5.41) is 0. The van der Waals surface area contributed by atoms with Crippen molar-refractivity contribution in [2.75, 3.05) is 13.2 Å². The van der Waals surface area contributed by atoms with Crippen LogP contribution in [0.15, 0.2) is 48.6 Å². The number of hydrogen-bond donors (Lipinski definition) is 0. The van der Waals surface area contributed by atoms with Crippen LogP contribution in [0.3, 0.4) is 0 Å². The first-order chi connectivity index (χ1) is 34.5. The van der Waals surface area contributed by atoms with Crippen LogP contribution < -0.4 is 0 Å². The minimum Gasteiger partial charge on any atom is -0.462 e. The molecule has 0 aromatic carbocycles. The molecule has 1 unspecified atom stereocenters. The van der Waals surface area contributed by atoms with Gasteiger partial charge in [-0.15, -0.1) is 0 Å². The van der Waals surface area contributed by atoms with Gasteiger partial charge in [-0.05, 0) is 77.0 Å². The van der Waals surface area contributed by atoms with E-state index in [1.807, 2.05) is 0 Å². The minimum atomic E-state index is -0.776. The smallest absolute Gasteiger partial charge is 0.306 e. The van der Waals surface area contributed by atoms with E-state index in [0.29, 0.717) is 19.3 Å². The third kappa shape index (κ3) is 56.3. The van der Waals surface area contributed by atoms with Gasteiger partial charge < -0.3 is 14.2 Å². The highest BCUT2D eigenvalue weighted by Gasteiger charge is 2.19. The van der Waals surface area contributed by atoms with Crippen LogP contribution in [0.25, 0.3) is 0 Å². The van der Waals surface area contributed by atoms with Crippen LogP contribution in [-0.4, -0.2) is 37.2 Å². The lowest BCUT2D eigenvalue weighted by molar-refractivity contribution is -0.167. The third-order valence-corrected chi connectivity index (χ3v) is 13.6. The molecule has 0 saturated heterocycles.